The summed E-state index contributed by atoms with van der Waals surface area (Å²) >= 11 is 0. The van der Waals surface area contributed by atoms with Crippen LogP contribution in [0.4, 0.5) is 13.2 Å². The number of nitrogens with zero attached hydrogens (tertiary/aromatic N) is 2. The lowest BCUT2D eigenvalue weighted by Gasteiger charge is -2.18. The average molecular weight is 399 g/mol. The molecule has 4 nitrogen and oxygen atoms in total. The number of aromatic nitrogens is 2. The van der Waals surface area contributed by atoms with Gasteiger partial charge in [-0.3, -0.25) is 4.79 Å². The SMILES string of the molecule is Cc1c(C(=O)NC(c2ccccc2)C2CC2)cnn1-c1cccc(C(F)(F)F)c1. The van der Waals surface area contributed by atoms with Gasteiger partial charge in [0.1, 0.15) is 0 Å². The summed E-state index contributed by atoms with van der Waals surface area (Å²) < 4.78 is 40.4. The molecule has 0 saturated heterocycles. The zero-order valence-corrected chi connectivity index (χ0v) is 15.8. The van der Waals surface area contributed by atoms with Crippen molar-refractivity contribution in [2.75, 3.05) is 0 Å². The molecule has 1 heterocycles. The van der Waals surface area contributed by atoms with Gasteiger partial charge >= 0.3 is 6.18 Å². The zero-order chi connectivity index (χ0) is 20.6. The Morgan fingerprint density at radius 2 is 1.86 bits per heavy atom. The van der Waals surface area contributed by atoms with Gasteiger partial charge in [0.2, 0.25) is 0 Å². The maximum absolute atomic E-state index is 13.0. The molecule has 4 rings (SSSR count). The number of amides is 1. The third-order valence-electron chi connectivity index (χ3n) is 5.21. The van der Waals surface area contributed by atoms with Crippen LogP contribution in [0.1, 0.15) is 46.1 Å². The maximum atomic E-state index is 13.0. The molecular weight excluding hydrogens is 379 g/mol. The summed E-state index contributed by atoms with van der Waals surface area (Å²) in [5.41, 5.74) is 1.40. The molecule has 1 saturated carbocycles. The summed E-state index contributed by atoms with van der Waals surface area (Å²) in [6.07, 6.45) is -0.922. The number of carbonyl (C=O) groups excluding carboxylic acids is 1. The fraction of sp³-hybridized carbons (Fsp3) is 0.273. The fourth-order valence-corrected chi connectivity index (χ4v) is 3.49. The highest BCUT2D eigenvalue weighted by atomic mass is 19.4. The molecule has 1 amide bonds. The number of alkyl halides is 3. The molecule has 0 radical (unpaired) electrons. The fourth-order valence-electron chi connectivity index (χ4n) is 3.49. The minimum atomic E-state index is -4.44. The van der Waals surface area contributed by atoms with Crippen LogP contribution in [0.25, 0.3) is 5.69 Å². The van der Waals surface area contributed by atoms with Crippen molar-refractivity contribution in [3.05, 3.63) is 83.2 Å². The Bertz CT molecular complexity index is 1020. The maximum Gasteiger partial charge on any atom is 0.416 e. The summed E-state index contributed by atoms with van der Waals surface area (Å²) in [4.78, 5) is 12.9. The lowest BCUT2D eigenvalue weighted by atomic mass is 10.0. The van der Waals surface area contributed by atoms with E-state index in [-0.39, 0.29) is 17.6 Å². The minimum absolute atomic E-state index is 0.0833. The Labute approximate surface area is 166 Å². The van der Waals surface area contributed by atoms with Crippen molar-refractivity contribution >= 4 is 5.91 Å². The highest BCUT2D eigenvalue weighted by Gasteiger charge is 2.34. The van der Waals surface area contributed by atoms with E-state index in [1.807, 2.05) is 30.3 Å². The lowest BCUT2D eigenvalue weighted by molar-refractivity contribution is -0.137. The van der Waals surface area contributed by atoms with Gasteiger partial charge in [-0.15, -0.1) is 0 Å². The molecule has 150 valence electrons. The summed E-state index contributed by atoms with van der Waals surface area (Å²) in [5, 5.41) is 7.24. The van der Waals surface area contributed by atoms with Crippen molar-refractivity contribution < 1.29 is 18.0 Å². The number of nitrogens with one attached hydrogen (secondary N) is 1. The largest absolute Gasteiger partial charge is 0.416 e. The Kier molecular flexibility index (Phi) is 4.90. The molecule has 0 aliphatic heterocycles. The van der Waals surface area contributed by atoms with Crippen LogP contribution in [-0.4, -0.2) is 15.7 Å². The Morgan fingerprint density at radius 3 is 2.52 bits per heavy atom. The van der Waals surface area contributed by atoms with E-state index in [0.29, 0.717) is 17.2 Å². The van der Waals surface area contributed by atoms with E-state index >= 15 is 0 Å². The van der Waals surface area contributed by atoms with Crippen LogP contribution in [0.2, 0.25) is 0 Å². The molecule has 1 unspecified atom stereocenters. The minimum Gasteiger partial charge on any atom is -0.345 e. The molecule has 3 aromatic rings. The van der Waals surface area contributed by atoms with Gasteiger partial charge in [0.05, 0.1) is 34.7 Å². The van der Waals surface area contributed by atoms with Crippen LogP contribution in [0.15, 0.2) is 60.8 Å². The van der Waals surface area contributed by atoms with Crippen LogP contribution in [0.5, 0.6) is 0 Å². The number of halogens is 3. The van der Waals surface area contributed by atoms with Crippen LogP contribution >= 0.6 is 0 Å². The van der Waals surface area contributed by atoms with Crippen LogP contribution < -0.4 is 5.32 Å². The van der Waals surface area contributed by atoms with E-state index in [0.717, 1.165) is 30.5 Å². The van der Waals surface area contributed by atoms with Crippen LogP contribution in [0, 0.1) is 12.8 Å². The van der Waals surface area contributed by atoms with E-state index in [1.165, 1.54) is 23.0 Å². The third kappa shape index (κ3) is 4.04. The van der Waals surface area contributed by atoms with Crippen molar-refractivity contribution in [2.45, 2.75) is 32.0 Å². The van der Waals surface area contributed by atoms with Crippen LogP contribution in [-0.2, 0) is 6.18 Å². The molecule has 1 aromatic heterocycles. The van der Waals surface area contributed by atoms with Gasteiger partial charge in [-0.2, -0.15) is 18.3 Å². The topological polar surface area (TPSA) is 46.9 Å². The third-order valence-corrected chi connectivity index (χ3v) is 5.21. The van der Waals surface area contributed by atoms with E-state index in [9.17, 15) is 18.0 Å². The van der Waals surface area contributed by atoms with Crippen molar-refractivity contribution in [2.24, 2.45) is 5.92 Å². The predicted octanol–water partition coefficient (Wildman–Crippen LogP) is 5.08. The normalized spacial score (nSPS) is 15.2. The highest BCUT2D eigenvalue weighted by molar-refractivity contribution is 5.95. The first kappa shape index (κ1) is 19.2. The van der Waals surface area contributed by atoms with Gasteiger partial charge < -0.3 is 5.32 Å². The van der Waals surface area contributed by atoms with Crippen molar-refractivity contribution in [3.8, 4) is 5.69 Å². The Morgan fingerprint density at radius 1 is 1.14 bits per heavy atom. The van der Waals surface area contributed by atoms with Gasteiger partial charge in [-0.1, -0.05) is 36.4 Å². The van der Waals surface area contributed by atoms with Crippen molar-refractivity contribution in [1.29, 1.82) is 0 Å². The average Bonchev–Trinajstić information content (AvgIpc) is 3.47. The highest BCUT2D eigenvalue weighted by Crippen LogP contribution is 2.41. The molecule has 1 aliphatic rings. The molecule has 0 spiro atoms. The number of benzene rings is 2. The number of rotatable bonds is 5. The second-order valence-electron chi connectivity index (χ2n) is 7.30. The van der Waals surface area contributed by atoms with Gasteiger partial charge in [-0.25, -0.2) is 4.68 Å². The van der Waals surface area contributed by atoms with E-state index in [2.05, 4.69) is 10.4 Å². The standard InChI is InChI=1S/C22H20F3N3O/c1-14-19(13-26-28(14)18-9-5-8-17(12-18)22(23,24)25)21(29)27-20(16-10-11-16)15-6-3-2-4-7-15/h2-9,12-13,16,20H,10-11H2,1H3,(H,27,29). The molecule has 1 aliphatic carbocycles. The number of hydrogen-bond acceptors (Lipinski definition) is 2. The first-order valence-electron chi connectivity index (χ1n) is 9.42. The first-order chi connectivity index (χ1) is 13.8. The molecule has 2 aromatic carbocycles. The summed E-state index contributed by atoms with van der Waals surface area (Å²) in [5.74, 6) is 0.127. The quantitative estimate of drug-likeness (QED) is 0.650. The smallest absolute Gasteiger partial charge is 0.345 e. The van der Waals surface area contributed by atoms with Gasteiger partial charge in [0, 0.05) is 0 Å². The second-order valence-corrected chi connectivity index (χ2v) is 7.30. The molecule has 0 bridgehead atoms. The van der Waals surface area contributed by atoms with Crippen molar-refractivity contribution in [1.82, 2.24) is 15.1 Å². The molecule has 29 heavy (non-hydrogen) atoms. The lowest BCUT2D eigenvalue weighted by Crippen LogP contribution is -2.30. The van der Waals surface area contributed by atoms with Crippen molar-refractivity contribution in [3.63, 3.8) is 0 Å². The molecular formula is C22H20F3N3O. The van der Waals surface area contributed by atoms with Gasteiger partial charge in [-0.05, 0) is 49.4 Å². The Balaban J connectivity index is 1.59. The van der Waals surface area contributed by atoms with E-state index in [4.69, 9.17) is 0 Å². The van der Waals surface area contributed by atoms with E-state index < -0.39 is 11.7 Å². The number of carbonyl (C=O) groups is 1. The Hall–Kier alpha value is -3.09. The number of hydrogen-bond donors (Lipinski definition) is 1. The predicted molar refractivity (Wildman–Crippen MR) is 103 cm³/mol. The van der Waals surface area contributed by atoms with Gasteiger partial charge in [0.25, 0.3) is 5.91 Å². The molecule has 1 atom stereocenters. The second kappa shape index (κ2) is 7.39. The molecule has 1 fully saturated rings. The zero-order valence-electron chi connectivity index (χ0n) is 15.8. The summed E-state index contributed by atoms with van der Waals surface area (Å²) in [6, 6.07) is 14.6. The molecule has 1 N–H and O–H groups in total. The molecule has 7 heteroatoms. The van der Waals surface area contributed by atoms with Crippen LogP contribution in [0.3, 0.4) is 0 Å². The summed E-state index contributed by atoms with van der Waals surface area (Å²) in [7, 11) is 0. The summed E-state index contributed by atoms with van der Waals surface area (Å²) in [6.45, 7) is 1.68. The monoisotopic (exact) mass is 399 g/mol. The first-order valence-corrected chi connectivity index (χ1v) is 9.42. The van der Waals surface area contributed by atoms with E-state index in [1.54, 1.807) is 6.92 Å². The van der Waals surface area contributed by atoms with Gasteiger partial charge in [0.15, 0.2) is 0 Å².